The molecule has 0 aliphatic heterocycles. The summed E-state index contributed by atoms with van der Waals surface area (Å²) in [5, 5.41) is 0. The molecule has 0 heterocycles. The molecule has 0 unspecified atom stereocenters. The normalized spacial score (nSPS) is 8.43. The summed E-state index contributed by atoms with van der Waals surface area (Å²) in [6.45, 7) is 0. The predicted molar refractivity (Wildman–Crippen MR) is 15.4 cm³/mol. The Labute approximate surface area is 116 Å². The van der Waals surface area contributed by atoms with Crippen LogP contribution in [0.3, 0.4) is 0 Å². The summed E-state index contributed by atoms with van der Waals surface area (Å²) in [5.41, 5.74) is 0. The van der Waals surface area contributed by atoms with E-state index in [1.165, 1.54) is 0 Å². The van der Waals surface area contributed by atoms with E-state index in [0.29, 0.717) is 0 Å². The van der Waals surface area contributed by atoms with Gasteiger partial charge in [0.15, 0.2) is 0 Å². The molecular formula is H4O4PRbY. The van der Waals surface area contributed by atoms with Crippen LogP contribution in [-0.4, -0.2) is 14.7 Å². The second-order valence-corrected chi connectivity index (χ2v) is 1.54. The van der Waals surface area contributed by atoms with E-state index in [9.17, 15) is 0 Å². The first-order valence-corrected chi connectivity index (χ1v) is 2.35. The van der Waals surface area contributed by atoms with Crippen LogP contribution < -0.4 is 58.2 Å². The zero-order valence-electron chi connectivity index (χ0n) is 4.77. The molecule has 7 heteroatoms. The maximum atomic E-state index is 8.88. The molecule has 0 atom stereocenters. The van der Waals surface area contributed by atoms with Gasteiger partial charge in [0.25, 0.3) is 0 Å². The van der Waals surface area contributed by atoms with Crippen molar-refractivity contribution in [3.8, 4) is 0 Å². The van der Waals surface area contributed by atoms with Gasteiger partial charge < -0.3 is 16.1 Å². The zero-order valence-corrected chi connectivity index (χ0v) is 12.4. The molecule has 0 aromatic carbocycles. The molecule has 37 valence electrons. The Morgan fingerprint density at radius 2 is 1.29 bits per heavy atom. The maximum Gasteiger partial charge on any atom is 1.00 e. The second-order valence-electron chi connectivity index (χ2n) is 0.513. The van der Waals surface area contributed by atoms with Gasteiger partial charge in [-0.3, -0.25) is 0 Å². The topological polar surface area (TPSA) is 77.8 Å². The Hall–Kier alpha value is 3.02. The van der Waals surface area contributed by atoms with Crippen molar-refractivity contribution in [3.05, 3.63) is 0 Å². The molecule has 0 aromatic rings. The van der Waals surface area contributed by atoms with Gasteiger partial charge in [0.05, 0.1) is 0 Å². The predicted octanol–water partition coefficient (Wildman–Crippen LogP) is -3.81. The van der Waals surface area contributed by atoms with Crippen LogP contribution in [0.15, 0.2) is 0 Å². The van der Waals surface area contributed by atoms with Gasteiger partial charge >= 0.3 is 66.0 Å². The van der Waals surface area contributed by atoms with Crippen molar-refractivity contribution in [2.75, 3.05) is 0 Å². The molecule has 0 aromatic heterocycles. The Kier molecular flexibility index (Phi) is 16.8. The van der Waals surface area contributed by atoms with Crippen molar-refractivity contribution in [2.24, 2.45) is 0 Å². The molecule has 7 heavy (non-hydrogen) atoms. The fourth-order valence-corrected chi connectivity index (χ4v) is 0. The Bertz CT molecular complexity index is 62.2. The summed E-state index contributed by atoms with van der Waals surface area (Å²) in [6.07, 6.45) is 0. The van der Waals surface area contributed by atoms with E-state index in [4.69, 9.17) is 19.2 Å². The standard InChI is InChI=1S/H3O4P.Rb.Y.H/c1-5(2,3)4;;;/h(H3,1,2,3,4);;;/q;+1;;-1. The molecule has 0 saturated carbocycles. The third-order valence-electron chi connectivity index (χ3n) is 0. The molecule has 0 aliphatic carbocycles. The number of hydrogen-bond donors (Lipinski definition) is 3. The third-order valence-corrected chi connectivity index (χ3v) is 0. The Morgan fingerprint density at radius 1 is 1.29 bits per heavy atom. The molecule has 0 aliphatic rings. The van der Waals surface area contributed by atoms with Crippen molar-refractivity contribution < 1.29 is 112 Å². The Balaban J connectivity index is -0.0000000267. The van der Waals surface area contributed by atoms with Crippen LogP contribution in [-0.2, 0) is 37.3 Å². The minimum absolute atomic E-state index is 0. The molecule has 1 radical (unpaired) electrons. The average Bonchev–Trinajstić information content (AvgIpc) is 0.722. The molecule has 0 fully saturated rings. The zero-order chi connectivity index (χ0) is 4.50. The first kappa shape index (κ1) is 16.5. The molecule has 4 nitrogen and oxygen atoms in total. The van der Waals surface area contributed by atoms with Crippen molar-refractivity contribution in [2.45, 2.75) is 0 Å². The van der Waals surface area contributed by atoms with Crippen molar-refractivity contribution >= 4 is 7.82 Å². The maximum absolute atomic E-state index is 8.88. The van der Waals surface area contributed by atoms with Gasteiger partial charge in [-0.15, -0.1) is 0 Å². The van der Waals surface area contributed by atoms with Crippen LogP contribution >= 0.6 is 7.82 Å². The van der Waals surface area contributed by atoms with Gasteiger partial charge in [0.2, 0.25) is 0 Å². The van der Waals surface area contributed by atoms with E-state index in [0.717, 1.165) is 0 Å². The van der Waals surface area contributed by atoms with E-state index >= 15 is 0 Å². The van der Waals surface area contributed by atoms with Crippen LogP contribution in [0.1, 0.15) is 1.43 Å². The van der Waals surface area contributed by atoms with Crippen molar-refractivity contribution in [1.29, 1.82) is 0 Å². The van der Waals surface area contributed by atoms with Gasteiger partial charge in [-0.1, -0.05) is 0 Å². The molecular weight excluding hydrogens is 269 g/mol. The summed E-state index contributed by atoms with van der Waals surface area (Å²) in [6, 6.07) is 0. The molecule has 3 N–H and O–H groups in total. The van der Waals surface area contributed by atoms with E-state index in [1.807, 2.05) is 0 Å². The smallest absolute Gasteiger partial charge is 1.00 e. The summed E-state index contributed by atoms with van der Waals surface area (Å²) < 4.78 is 8.88. The summed E-state index contributed by atoms with van der Waals surface area (Å²) >= 11 is 0. The van der Waals surface area contributed by atoms with Crippen LogP contribution in [0.2, 0.25) is 0 Å². The van der Waals surface area contributed by atoms with Crippen LogP contribution in [0.5, 0.6) is 0 Å². The van der Waals surface area contributed by atoms with Crippen LogP contribution in [0.4, 0.5) is 0 Å². The molecule has 0 amide bonds. The average molecular weight is 273 g/mol. The number of rotatable bonds is 0. The molecule has 0 saturated heterocycles. The fraction of sp³-hybridized carbons (Fsp3) is 0. The third kappa shape index (κ3) is 48.7. The first-order valence-electron chi connectivity index (χ1n) is 0.783. The van der Waals surface area contributed by atoms with Crippen LogP contribution in [0, 0.1) is 0 Å². The SMILES string of the molecule is O=P(O)(O)O.[H-].[Rb+].[Y]. The van der Waals surface area contributed by atoms with Gasteiger partial charge in [0, 0.05) is 32.7 Å². The van der Waals surface area contributed by atoms with Crippen molar-refractivity contribution in [3.63, 3.8) is 0 Å². The molecule has 0 bridgehead atoms. The van der Waals surface area contributed by atoms with Gasteiger partial charge in [-0.25, -0.2) is 4.57 Å². The van der Waals surface area contributed by atoms with E-state index in [2.05, 4.69) is 0 Å². The monoisotopic (exact) mass is 273 g/mol. The number of hydrogen-bond acceptors (Lipinski definition) is 1. The van der Waals surface area contributed by atoms with Gasteiger partial charge in [-0.05, 0) is 0 Å². The summed E-state index contributed by atoms with van der Waals surface area (Å²) in [5.74, 6) is 0. The molecule has 0 rings (SSSR count). The number of phosphoric acid groups is 1. The molecule has 0 spiro atoms. The largest absolute Gasteiger partial charge is 1.00 e. The fourth-order valence-electron chi connectivity index (χ4n) is 0. The summed E-state index contributed by atoms with van der Waals surface area (Å²) in [4.78, 5) is 21.6. The van der Waals surface area contributed by atoms with Crippen molar-refractivity contribution in [1.82, 2.24) is 0 Å². The van der Waals surface area contributed by atoms with Crippen LogP contribution in [0.25, 0.3) is 0 Å². The summed E-state index contributed by atoms with van der Waals surface area (Å²) in [7, 11) is -4.64. The minimum Gasteiger partial charge on any atom is -1.00 e. The van der Waals surface area contributed by atoms with Gasteiger partial charge in [-0.2, -0.15) is 0 Å². The van der Waals surface area contributed by atoms with E-state index < -0.39 is 7.82 Å². The van der Waals surface area contributed by atoms with E-state index in [-0.39, 0.29) is 92.3 Å². The Morgan fingerprint density at radius 3 is 1.29 bits per heavy atom. The van der Waals surface area contributed by atoms with Gasteiger partial charge in [0.1, 0.15) is 0 Å². The van der Waals surface area contributed by atoms with E-state index in [1.54, 1.807) is 0 Å². The second kappa shape index (κ2) is 7.13. The first-order chi connectivity index (χ1) is 2.00. The quantitative estimate of drug-likeness (QED) is 0.395. The minimum atomic E-state index is -4.64.